The second-order valence-electron chi connectivity index (χ2n) is 4.00. The molecule has 0 aliphatic carbocycles. The summed E-state index contributed by atoms with van der Waals surface area (Å²) >= 11 is 0. The van der Waals surface area contributed by atoms with E-state index in [0.717, 1.165) is 12.1 Å². The molecule has 0 atom stereocenters. The smallest absolute Gasteiger partial charge is 0.205 e. The van der Waals surface area contributed by atoms with Gasteiger partial charge in [-0.1, -0.05) is 36.4 Å². The first-order chi connectivity index (χ1) is 8.88. The summed E-state index contributed by atoms with van der Waals surface area (Å²) in [5, 5.41) is 0. The average molecular weight is 272 g/mol. The molecule has 0 aromatic heterocycles. The maximum Gasteiger partial charge on any atom is 0.416 e. The highest BCUT2D eigenvalue weighted by Crippen LogP contribution is 2.31. The van der Waals surface area contributed by atoms with Crippen LogP contribution in [0.3, 0.4) is 0 Å². The molecule has 5 heteroatoms. The number of benzene rings is 2. The van der Waals surface area contributed by atoms with E-state index in [9.17, 15) is 22.0 Å². The number of rotatable bonds is 2. The minimum atomic E-state index is -4.38. The molecule has 19 heavy (non-hydrogen) atoms. The van der Waals surface area contributed by atoms with Crippen LogP contribution in [0.5, 0.6) is 0 Å². The highest BCUT2D eigenvalue weighted by Gasteiger charge is 2.29. The quantitative estimate of drug-likeness (QED) is 0.650. The number of halogens is 5. The molecule has 0 heterocycles. The third-order valence-electron chi connectivity index (χ3n) is 2.71. The molecule has 0 saturated carbocycles. The molecule has 0 fully saturated rings. The van der Waals surface area contributed by atoms with Crippen molar-refractivity contribution in [3.63, 3.8) is 0 Å². The Kier molecular flexibility index (Phi) is 3.55. The van der Waals surface area contributed by atoms with Crippen LogP contribution in [0.4, 0.5) is 22.0 Å². The number of hydrogen-bond acceptors (Lipinski definition) is 0. The molecule has 0 nitrogen and oxygen atoms in total. The minimum absolute atomic E-state index is 0.115. The van der Waals surface area contributed by atoms with Crippen molar-refractivity contribution in [2.24, 2.45) is 0 Å². The molecule has 2 aromatic rings. The molecule has 0 amide bonds. The van der Waals surface area contributed by atoms with E-state index in [1.165, 1.54) is 36.4 Å². The first kappa shape index (κ1) is 13.5. The topological polar surface area (TPSA) is 0 Å². The van der Waals surface area contributed by atoms with Gasteiger partial charge >= 0.3 is 6.18 Å². The van der Waals surface area contributed by atoms with Crippen LogP contribution in [0.15, 0.2) is 48.5 Å². The third-order valence-corrected chi connectivity index (χ3v) is 2.71. The lowest BCUT2D eigenvalue weighted by atomic mass is 10.0. The summed E-state index contributed by atoms with van der Waals surface area (Å²) in [7, 11) is 0. The molecular weight excluding hydrogens is 263 g/mol. The van der Waals surface area contributed by atoms with Gasteiger partial charge in [0.15, 0.2) is 0 Å². The predicted molar refractivity (Wildman–Crippen MR) is 61.8 cm³/mol. The summed E-state index contributed by atoms with van der Waals surface area (Å²) in [6, 6.07) is 10.0. The van der Waals surface area contributed by atoms with Crippen LogP contribution in [0.1, 0.15) is 17.6 Å². The Balaban J connectivity index is 2.27. The SMILES string of the molecule is FC(F)c1ccc(-c2ccc(C(F)(F)F)cc2)cc1. The lowest BCUT2D eigenvalue weighted by Gasteiger charge is -2.08. The second kappa shape index (κ2) is 4.99. The van der Waals surface area contributed by atoms with Crippen LogP contribution in [0.25, 0.3) is 11.1 Å². The Morgan fingerprint density at radius 2 is 1.11 bits per heavy atom. The van der Waals surface area contributed by atoms with Crippen LogP contribution in [0.2, 0.25) is 0 Å². The van der Waals surface area contributed by atoms with Crippen molar-refractivity contribution in [3.8, 4) is 11.1 Å². The molecular formula is C14H9F5. The molecule has 100 valence electrons. The molecule has 2 rings (SSSR count). The maximum absolute atomic E-state index is 12.4. The fourth-order valence-corrected chi connectivity index (χ4v) is 1.67. The Bertz CT molecular complexity index is 538. The van der Waals surface area contributed by atoms with Gasteiger partial charge < -0.3 is 0 Å². The van der Waals surface area contributed by atoms with E-state index in [1.807, 2.05) is 0 Å². The van der Waals surface area contributed by atoms with Crippen LogP contribution >= 0.6 is 0 Å². The maximum atomic E-state index is 12.4. The largest absolute Gasteiger partial charge is 0.416 e. The summed E-state index contributed by atoms with van der Waals surface area (Å²) in [6.07, 6.45) is -6.93. The van der Waals surface area contributed by atoms with Crippen molar-refractivity contribution in [3.05, 3.63) is 59.7 Å². The highest BCUT2D eigenvalue weighted by atomic mass is 19.4. The highest BCUT2D eigenvalue weighted by molar-refractivity contribution is 5.64. The van der Waals surface area contributed by atoms with Crippen molar-refractivity contribution >= 4 is 0 Å². The van der Waals surface area contributed by atoms with Gasteiger partial charge in [0.25, 0.3) is 6.43 Å². The van der Waals surface area contributed by atoms with E-state index >= 15 is 0 Å². The molecule has 0 aliphatic rings. The summed E-state index contributed by atoms with van der Waals surface area (Å²) < 4.78 is 61.9. The summed E-state index contributed by atoms with van der Waals surface area (Å²) in [4.78, 5) is 0. The van der Waals surface area contributed by atoms with Gasteiger partial charge in [-0.05, 0) is 23.3 Å². The van der Waals surface area contributed by atoms with Gasteiger partial charge in [0.05, 0.1) is 5.56 Å². The van der Waals surface area contributed by atoms with Gasteiger partial charge in [-0.3, -0.25) is 0 Å². The Labute approximate surface area is 106 Å². The number of hydrogen-bond donors (Lipinski definition) is 0. The van der Waals surface area contributed by atoms with Gasteiger partial charge in [-0.2, -0.15) is 13.2 Å². The van der Waals surface area contributed by atoms with E-state index < -0.39 is 18.2 Å². The van der Waals surface area contributed by atoms with Crippen molar-refractivity contribution < 1.29 is 22.0 Å². The van der Waals surface area contributed by atoms with Gasteiger partial charge in [0.1, 0.15) is 0 Å². The lowest BCUT2D eigenvalue weighted by Crippen LogP contribution is -2.03. The van der Waals surface area contributed by atoms with Gasteiger partial charge in [0.2, 0.25) is 0 Å². The summed E-state index contributed by atoms with van der Waals surface area (Å²) in [5.74, 6) is 0. The Hall–Kier alpha value is -1.91. The Morgan fingerprint density at radius 1 is 0.684 bits per heavy atom. The van der Waals surface area contributed by atoms with Crippen LogP contribution in [-0.2, 0) is 6.18 Å². The van der Waals surface area contributed by atoms with Crippen molar-refractivity contribution in [1.29, 1.82) is 0 Å². The fraction of sp³-hybridized carbons (Fsp3) is 0.143. The number of alkyl halides is 5. The summed E-state index contributed by atoms with van der Waals surface area (Å²) in [5.41, 5.74) is 0.294. The second-order valence-corrected chi connectivity index (χ2v) is 4.00. The summed E-state index contributed by atoms with van der Waals surface area (Å²) in [6.45, 7) is 0. The molecule has 0 saturated heterocycles. The molecule has 0 spiro atoms. The Morgan fingerprint density at radius 3 is 1.47 bits per heavy atom. The average Bonchev–Trinajstić information content (AvgIpc) is 2.38. The van der Waals surface area contributed by atoms with Gasteiger partial charge in [0, 0.05) is 5.56 Å². The molecule has 0 radical (unpaired) electrons. The first-order valence-corrected chi connectivity index (χ1v) is 5.43. The zero-order valence-electron chi connectivity index (χ0n) is 9.59. The third kappa shape index (κ3) is 3.10. The van der Waals surface area contributed by atoms with Crippen LogP contribution in [0, 0.1) is 0 Å². The lowest BCUT2D eigenvalue weighted by molar-refractivity contribution is -0.137. The molecule has 0 aliphatic heterocycles. The minimum Gasteiger partial charge on any atom is -0.205 e. The van der Waals surface area contributed by atoms with Crippen molar-refractivity contribution in [2.45, 2.75) is 12.6 Å². The fourth-order valence-electron chi connectivity index (χ4n) is 1.67. The van der Waals surface area contributed by atoms with E-state index in [4.69, 9.17) is 0 Å². The molecule has 0 unspecified atom stereocenters. The zero-order chi connectivity index (χ0) is 14.0. The van der Waals surface area contributed by atoms with Gasteiger partial charge in [-0.25, -0.2) is 8.78 Å². The van der Waals surface area contributed by atoms with E-state index in [-0.39, 0.29) is 5.56 Å². The predicted octanol–water partition coefficient (Wildman–Crippen LogP) is 5.31. The molecule has 0 bridgehead atoms. The van der Waals surface area contributed by atoms with Gasteiger partial charge in [-0.15, -0.1) is 0 Å². The van der Waals surface area contributed by atoms with Crippen LogP contribution in [-0.4, -0.2) is 0 Å². The monoisotopic (exact) mass is 272 g/mol. The van der Waals surface area contributed by atoms with E-state index in [2.05, 4.69) is 0 Å². The van der Waals surface area contributed by atoms with E-state index in [1.54, 1.807) is 0 Å². The van der Waals surface area contributed by atoms with Crippen LogP contribution < -0.4 is 0 Å². The molecule has 0 N–H and O–H groups in total. The zero-order valence-corrected chi connectivity index (χ0v) is 9.59. The van der Waals surface area contributed by atoms with E-state index in [0.29, 0.717) is 11.1 Å². The molecule has 2 aromatic carbocycles. The first-order valence-electron chi connectivity index (χ1n) is 5.43. The standard InChI is InChI=1S/C14H9F5/c15-13(16)11-3-1-9(2-4-11)10-5-7-12(8-6-10)14(17,18)19/h1-8,13H. The van der Waals surface area contributed by atoms with Crippen molar-refractivity contribution in [1.82, 2.24) is 0 Å². The normalized spacial score (nSPS) is 11.9. The van der Waals surface area contributed by atoms with Crippen molar-refractivity contribution in [2.75, 3.05) is 0 Å².